The second-order valence-corrected chi connectivity index (χ2v) is 6.33. The van der Waals surface area contributed by atoms with Gasteiger partial charge in [0.2, 0.25) is 0 Å². The molecule has 0 spiro atoms. The molecular weight excluding hydrogens is 332 g/mol. The van der Waals surface area contributed by atoms with E-state index in [2.05, 4.69) is 10.5 Å². The summed E-state index contributed by atoms with van der Waals surface area (Å²) in [7, 11) is 0. The number of benzene rings is 2. The van der Waals surface area contributed by atoms with Gasteiger partial charge in [0.05, 0.1) is 11.3 Å². The van der Waals surface area contributed by atoms with E-state index in [-0.39, 0.29) is 5.91 Å². The van der Waals surface area contributed by atoms with Crippen LogP contribution in [-0.2, 0) is 6.61 Å². The van der Waals surface area contributed by atoms with E-state index in [0.717, 1.165) is 16.2 Å². The molecule has 0 aliphatic carbocycles. The second-order valence-electron chi connectivity index (χ2n) is 5.39. The lowest BCUT2D eigenvalue weighted by Gasteiger charge is -2.10. The molecule has 0 bridgehead atoms. The Balaban J connectivity index is 1.69. The molecule has 126 valence electrons. The van der Waals surface area contributed by atoms with E-state index in [1.165, 1.54) is 0 Å². The zero-order chi connectivity index (χ0) is 17.5. The van der Waals surface area contributed by atoms with E-state index in [4.69, 9.17) is 4.74 Å². The minimum atomic E-state index is -0.292. The van der Waals surface area contributed by atoms with Gasteiger partial charge in [0, 0.05) is 4.88 Å². The number of carbonyl (C=O) groups is 1. The normalized spacial score (nSPS) is 11.2. The summed E-state index contributed by atoms with van der Waals surface area (Å²) in [6.45, 7) is 2.27. The van der Waals surface area contributed by atoms with Crippen LogP contribution in [0.3, 0.4) is 0 Å². The molecule has 0 unspecified atom stereocenters. The fourth-order valence-corrected chi connectivity index (χ4v) is 2.93. The number of hydrazone groups is 1. The van der Waals surface area contributed by atoms with Gasteiger partial charge >= 0.3 is 0 Å². The van der Waals surface area contributed by atoms with Crippen molar-refractivity contribution in [3.8, 4) is 5.75 Å². The maximum Gasteiger partial charge on any atom is 0.275 e. The maximum atomic E-state index is 12.5. The summed E-state index contributed by atoms with van der Waals surface area (Å²) < 4.78 is 5.82. The fourth-order valence-electron chi connectivity index (χ4n) is 2.25. The van der Waals surface area contributed by atoms with Crippen molar-refractivity contribution in [2.24, 2.45) is 5.10 Å². The van der Waals surface area contributed by atoms with Crippen molar-refractivity contribution in [2.75, 3.05) is 0 Å². The first kappa shape index (κ1) is 16.9. The number of amides is 1. The predicted molar refractivity (Wildman–Crippen MR) is 101 cm³/mol. The van der Waals surface area contributed by atoms with Crippen LogP contribution >= 0.6 is 11.3 Å². The van der Waals surface area contributed by atoms with E-state index < -0.39 is 0 Å². The average Bonchev–Trinajstić information content (AvgIpc) is 3.20. The Kier molecular flexibility index (Phi) is 5.59. The minimum absolute atomic E-state index is 0.292. The summed E-state index contributed by atoms with van der Waals surface area (Å²) >= 11 is 1.58. The van der Waals surface area contributed by atoms with Crippen molar-refractivity contribution in [3.63, 3.8) is 0 Å². The maximum absolute atomic E-state index is 12.5. The monoisotopic (exact) mass is 350 g/mol. The number of carbonyl (C=O) groups excluding carboxylic acids is 1. The van der Waals surface area contributed by atoms with Crippen LogP contribution in [0.2, 0.25) is 0 Å². The molecule has 0 aliphatic heterocycles. The number of para-hydroxylation sites is 1. The Morgan fingerprint density at radius 2 is 1.80 bits per heavy atom. The number of nitrogens with zero attached hydrogens (tertiary/aromatic N) is 1. The predicted octanol–water partition coefficient (Wildman–Crippen LogP) is 4.48. The topological polar surface area (TPSA) is 50.7 Å². The van der Waals surface area contributed by atoms with Crippen molar-refractivity contribution in [1.82, 2.24) is 5.43 Å². The lowest BCUT2D eigenvalue weighted by molar-refractivity contribution is 0.0950. The van der Waals surface area contributed by atoms with E-state index in [1.54, 1.807) is 29.5 Å². The van der Waals surface area contributed by atoms with Gasteiger partial charge in [-0.1, -0.05) is 48.5 Å². The van der Waals surface area contributed by atoms with Crippen LogP contribution in [-0.4, -0.2) is 11.6 Å². The van der Waals surface area contributed by atoms with Gasteiger partial charge in [-0.25, -0.2) is 5.43 Å². The van der Waals surface area contributed by atoms with Crippen LogP contribution in [0.25, 0.3) is 0 Å². The molecular formula is C20H18N2O2S. The molecule has 0 atom stereocenters. The summed E-state index contributed by atoms with van der Waals surface area (Å²) in [6, 6.07) is 20.9. The number of hydrogen-bond acceptors (Lipinski definition) is 4. The van der Waals surface area contributed by atoms with Gasteiger partial charge in [0.25, 0.3) is 5.91 Å². The molecule has 2 aromatic carbocycles. The van der Waals surface area contributed by atoms with Gasteiger partial charge in [0.1, 0.15) is 12.4 Å². The van der Waals surface area contributed by atoms with Gasteiger partial charge in [-0.3, -0.25) is 4.79 Å². The minimum Gasteiger partial charge on any atom is -0.488 e. The lowest BCUT2D eigenvalue weighted by atomic mass is 10.2. The molecule has 0 saturated carbocycles. The smallest absolute Gasteiger partial charge is 0.275 e. The van der Waals surface area contributed by atoms with Crippen molar-refractivity contribution >= 4 is 23.0 Å². The molecule has 3 rings (SSSR count). The summed E-state index contributed by atoms with van der Waals surface area (Å²) in [6.07, 6.45) is 0. The summed E-state index contributed by atoms with van der Waals surface area (Å²) in [5.74, 6) is 0.243. The number of thiophene rings is 1. The average molecular weight is 350 g/mol. The van der Waals surface area contributed by atoms with Gasteiger partial charge < -0.3 is 4.74 Å². The highest BCUT2D eigenvalue weighted by Gasteiger charge is 2.12. The van der Waals surface area contributed by atoms with E-state index >= 15 is 0 Å². The standard InChI is InChI=1S/C20H18N2O2S/c1-15(19-12-7-13-25-19)21-22-20(23)17-10-5-6-11-18(17)24-14-16-8-3-2-4-9-16/h2-13H,14H2,1H3,(H,22,23)/b21-15+. The molecule has 0 fully saturated rings. The second kappa shape index (κ2) is 8.26. The zero-order valence-electron chi connectivity index (χ0n) is 13.8. The number of rotatable bonds is 6. The summed E-state index contributed by atoms with van der Waals surface area (Å²) in [5.41, 5.74) is 4.88. The number of nitrogens with one attached hydrogen (secondary N) is 1. The molecule has 0 saturated heterocycles. The Labute approximate surface area is 150 Å². The van der Waals surface area contributed by atoms with Gasteiger partial charge in [-0.2, -0.15) is 5.10 Å². The van der Waals surface area contributed by atoms with E-state index in [9.17, 15) is 4.79 Å². The van der Waals surface area contributed by atoms with Crippen LogP contribution in [0.1, 0.15) is 27.7 Å². The molecule has 0 radical (unpaired) electrons. The zero-order valence-corrected chi connectivity index (χ0v) is 14.6. The van der Waals surface area contributed by atoms with Gasteiger partial charge in [0.15, 0.2) is 0 Å². The van der Waals surface area contributed by atoms with Crippen LogP contribution in [0.5, 0.6) is 5.75 Å². The highest BCUT2D eigenvalue weighted by Crippen LogP contribution is 2.19. The molecule has 1 N–H and O–H groups in total. The van der Waals surface area contributed by atoms with E-state index in [0.29, 0.717) is 17.9 Å². The summed E-state index contributed by atoms with van der Waals surface area (Å²) in [4.78, 5) is 13.5. The number of hydrogen-bond donors (Lipinski definition) is 1. The first-order chi connectivity index (χ1) is 12.2. The first-order valence-electron chi connectivity index (χ1n) is 7.88. The first-order valence-corrected chi connectivity index (χ1v) is 8.76. The third kappa shape index (κ3) is 4.55. The summed E-state index contributed by atoms with van der Waals surface area (Å²) in [5, 5.41) is 6.15. The van der Waals surface area contributed by atoms with Crippen molar-refractivity contribution in [2.45, 2.75) is 13.5 Å². The molecule has 1 aromatic heterocycles. The van der Waals surface area contributed by atoms with Crippen LogP contribution in [0.15, 0.2) is 77.2 Å². The van der Waals surface area contributed by atoms with Gasteiger partial charge in [-0.15, -0.1) is 11.3 Å². The third-order valence-electron chi connectivity index (χ3n) is 3.57. The molecule has 4 nitrogen and oxygen atoms in total. The quantitative estimate of drug-likeness (QED) is 0.526. The highest BCUT2D eigenvalue weighted by atomic mass is 32.1. The molecule has 1 heterocycles. The molecule has 5 heteroatoms. The van der Waals surface area contributed by atoms with E-state index in [1.807, 2.05) is 60.8 Å². The molecule has 3 aromatic rings. The van der Waals surface area contributed by atoms with Crippen molar-refractivity contribution in [3.05, 3.63) is 88.1 Å². The Hall–Kier alpha value is -2.92. The largest absolute Gasteiger partial charge is 0.488 e. The SMILES string of the molecule is C/C(=N\NC(=O)c1ccccc1OCc1ccccc1)c1cccs1. The lowest BCUT2D eigenvalue weighted by Crippen LogP contribution is -2.20. The van der Waals surface area contributed by atoms with Gasteiger partial charge in [-0.05, 0) is 36.1 Å². The van der Waals surface area contributed by atoms with Crippen molar-refractivity contribution < 1.29 is 9.53 Å². The van der Waals surface area contributed by atoms with Crippen LogP contribution in [0.4, 0.5) is 0 Å². The highest BCUT2D eigenvalue weighted by molar-refractivity contribution is 7.12. The Morgan fingerprint density at radius 1 is 1.04 bits per heavy atom. The Bertz CT molecular complexity index is 858. The van der Waals surface area contributed by atoms with Crippen LogP contribution < -0.4 is 10.2 Å². The molecule has 25 heavy (non-hydrogen) atoms. The third-order valence-corrected chi connectivity index (χ3v) is 4.55. The number of ether oxygens (including phenoxy) is 1. The Morgan fingerprint density at radius 3 is 2.56 bits per heavy atom. The molecule has 1 amide bonds. The molecule has 0 aliphatic rings. The van der Waals surface area contributed by atoms with Crippen LogP contribution in [0, 0.1) is 0 Å². The fraction of sp³-hybridized carbons (Fsp3) is 0.100. The van der Waals surface area contributed by atoms with Crippen molar-refractivity contribution in [1.29, 1.82) is 0 Å².